The van der Waals surface area contributed by atoms with E-state index in [-0.39, 0.29) is 22.8 Å². The zero-order valence-electron chi connectivity index (χ0n) is 28.4. The van der Waals surface area contributed by atoms with E-state index in [1.165, 1.54) is 24.3 Å². The summed E-state index contributed by atoms with van der Waals surface area (Å²) >= 11 is 0. The van der Waals surface area contributed by atoms with Crippen molar-refractivity contribution in [3.8, 4) is 22.9 Å². The highest BCUT2D eigenvalue weighted by Crippen LogP contribution is 2.38. The van der Waals surface area contributed by atoms with E-state index in [1.807, 2.05) is 0 Å². The smallest absolute Gasteiger partial charge is 0.200 e. The number of halogens is 5. The van der Waals surface area contributed by atoms with E-state index >= 15 is 8.78 Å². The summed E-state index contributed by atoms with van der Waals surface area (Å²) in [6.07, 6.45) is -2.42. The van der Waals surface area contributed by atoms with Gasteiger partial charge in [-0.2, -0.15) is 0 Å². The maximum atomic E-state index is 15.4. The van der Waals surface area contributed by atoms with E-state index in [1.54, 1.807) is 48.5 Å². The average molecular weight is 717 g/mol. The average Bonchev–Trinajstić information content (AvgIpc) is 3.77. The van der Waals surface area contributed by atoms with Crippen LogP contribution in [0.1, 0.15) is 68.7 Å². The first-order valence-corrected chi connectivity index (χ1v) is 22.9. The van der Waals surface area contributed by atoms with Crippen LogP contribution in [0.4, 0.5) is 22.0 Å². The molecule has 0 aliphatic heterocycles. The Labute approximate surface area is 290 Å². The lowest BCUT2D eigenvalue weighted by Crippen LogP contribution is -2.16. The largest absolute Gasteiger partial charge is 0.382 e. The van der Waals surface area contributed by atoms with Crippen LogP contribution >= 0.6 is 0 Å². The fourth-order valence-electron chi connectivity index (χ4n) is 5.24. The lowest BCUT2D eigenvalue weighted by atomic mass is 9.91. The van der Waals surface area contributed by atoms with Gasteiger partial charge in [-0.05, 0) is 59.7 Å². The number of aliphatic hydroxyl groups is 2. The highest BCUT2D eigenvalue weighted by Gasteiger charge is 2.34. The number of nitrogens with one attached hydrogen (secondary N) is 2. The maximum absolute atomic E-state index is 15.4. The lowest BCUT2D eigenvalue weighted by Gasteiger charge is -2.19. The van der Waals surface area contributed by atoms with Gasteiger partial charge in [0.15, 0.2) is 23.3 Å². The van der Waals surface area contributed by atoms with E-state index < -0.39 is 68.9 Å². The molecule has 2 aromatic heterocycles. The van der Waals surface area contributed by atoms with Gasteiger partial charge in [0.2, 0.25) is 5.82 Å². The van der Waals surface area contributed by atoms with Crippen molar-refractivity contribution >= 4 is 16.1 Å². The normalized spacial score (nSPS) is 13.5. The minimum Gasteiger partial charge on any atom is -0.382 e. The second kappa shape index (κ2) is 14.3. The highest BCUT2D eigenvalue weighted by molar-refractivity contribution is 6.84. The van der Waals surface area contributed by atoms with Crippen molar-refractivity contribution in [2.45, 2.75) is 57.4 Å². The van der Waals surface area contributed by atoms with Crippen molar-refractivity contribution in [1.29, 1.82) is 0 Å². The fourth-order valence-corrected chi connectivity index (χ4v) is 6.28. The Morgan fingerprint density at radius 2 is 0.800 bits per heavy atom. The van der Waals surface area contributed by atoms with Crippen LogP contribution in [-0.2, 0) is 0 Å². The summed E-state index contributed by atoms with van der Waals surface area (Å²) in [6, 6.07) is 19.7. The van der Waals surface area contributed by atoms with Crippen LogP contribution in [0.5, 0.6) is 0 Å². The van der Waals surface area contributed by atoms with Crippen LogP contribution in [0.25, 0.3) is 0 Å². The molecule has 4 N–H and O–H groups in total. The number of H-pyrrole nitrogens is 2. The third kappa shape index (κ3) is 8.20. The molecule has 0 spiro atoms. The molecule has 2 atom stereocenters. The molecule has 0 aliphatic rings. The highest BCUT2D eigenvalue weighted by atomic mass is 28.3. The molecule has 2 heterocycles. The number of benzene rings is 3. The van der Waals surface area contributed by atoms with Gasteiger partial charge < -0.3 is 20.2 Å². The molecular formula is C39H37F5N2O2Si2. The van der Waals surface area contributed by atoms with Gasteiger partial charge in [-0.1, -0.05) is 75.4 Å². The number of aromatic amines is 2. The number of hydrogen-bond donors (Lipinski definition) is 4. The number of rotatable bonds is 7. The first-order valence-electron chi connectivity index (χ1n) is 15.9. The van der Waals surface area contributed by atoms with Gasteiger partial charge in [-0.15, -0.1) is 11.1 Å². The number of aliphatic hydroxyl groups excluding tert-OH is 2. The Bertz CT molecular complexity index is 1990. The predicted octanol–water partition coefficient (Wildman–Crippen LogP) is 8.84. The van der Waals surface area contributed by atoms with Crippen molar-refractivity contribution in [2.24, 2.45) is 0 Å². The number of hydrogen-bond acceptors (Lipinski definition) is 2. The summed E-state index contributed by atoms with van der Waals surface area (Å²) < 4.78 is 73.9. The minimum absolute atomic E-state index is 0.0353. The van der Waals surface area contributed by atoms with Crippen LogP contribution in [0.3, 0.4) is 0 Å². The maximum Gasteiger partial charge on any atom is 0.200 e. The molecule has 11 heteroatoms. The second-order valence-electron chi connectivity index (χ2n) is 14.2. The Morgan fingerprint density at radius 1 is 0.480 bits per heavy atom. The molecule has 0 fully saturated rings. The summed E-state index contributed by atoms with van der Waals surface area (Å²) in [5.41, 5.74) is 8.51. The Kier molecular flexibility index (Phi) is 10.5. The Morgan fingerprint density at radius 3 is 1.14 bits per heavy atom. The predicted molar refractivity (Wildman–Crippen MR) is 190 cm³/mol. The summed E-state index contributed by atoms with van der Waals surface area (Å²) in [7, 11) is -3.20. The quantitative estimate of drug-likeness (QED) is 0.0447. The minimum atomic E-state index is -2.27. The summed E-state index contributed by atoms with van der Waals surface area (Å²) in [5, 5.41) is 22.4. The number of aromatic nitrogens is 2. The summed E-state index contributed by atoms with van der Waals surface area (Å²) in [4.78, 5) is 5.88. The van der Waals surface area contributed by atoms with E-state index in [2.05, 4.69) is 72.2 Å². The van der Waals surface area contributed by atoms with E-state index in [4.69, 9.17) is 0 Å². The summed E-state index contributed by atoms with van der Waals surface area (Å²) in [5.74, 6) is -5.73. The van der Waals surface area contributed by atoms with Gasteiger partial charge in [0.1, 0.15) is 28.4 Å². The van der Waals surface area contributed by atoms with Crippen LogP contribution in [0.2, 0.25) is 39.3 Å². The SMILES string of the molecule is C[Si](C)(C)C#Cc1ccc(C(O)c2ccc(C(c3ccc(C(O)c4ccc(C#C[Si](C)(C)C)cc4)[nH]3)c3c(F)c(F)c(F)c(F)c3F)[nH]2)cc1. The van der Waals surface area contributed by atoms with Gasteiger partial charge in [0.05, 0.1) is 5.92 Å². The van der Waals surface area contributed by atoms with Gasteiger partial charge in [-0.25, -0.2) is 22.0 Å². The summed E-state index contributed by atoms with van der Waals surface area (Å²) in [6.45, 7) is 12.8. The molecule has 258 valence electrons. The van der Waals surface area contributed by atoms with Gasteiger partial charge in [0.25, 0.3) is 0 Å². The van der Waals surface area contributed by atoms with Crippen molar-refractivity contribution < 1.29 is 32.2 Å². The third-order valence-electron chi connectivity index (χ3n) is 7.82. The van der Waals surface area contributed by atoms with Crippen molar-refractivity contribution in [3.63, 3.8) is 0 Å². The molecule has 3 aromatic carbocycles. The van der Waals surface area contributed by atoms with Crippen LogP contribution in [0.15, 0.2) is 72.8 Å². The molecule has 0 aliphatic carbocycles. The molecule has 0 radical (unpaired) electrons. The Balaban J connectivity index is 1.51. The first-order chi connectivity index (χ1) is 23.4. The van der Waals surface area contributed by atoms with Crippen molar-refractivity contribution in [3.05, 3.63) is 152 Å². The van der Waals surface area contributed by atoms with E-state index in [0.717, 1.165) is 11.1 Å². The molecule has 0 amide bonds. The molecule has 5 rings (SSSR count). The monoisotopic (exact) mass is 716 g/mol. The first kappa shape index (κ1) is 36.6. The molecule has 0 saturated carbocycles. The zero-order chi connectivity index (χ0) is 36.5. The van der Waals surface area contributed by atoms with Crippen LogP contribution in [-0.4, -0.2) is 36.3 Å². The van der Waals surface area contributed by atoms with Crippen molar-refractivity contribution in [1.82, 2.24) is 9.97 Å². The molecule has 4 nitrogen and oxygen atoms in total. The van der Waals surface area contributed by atoms with Gasteiger partial charge in [-0.3, -0.25) is 0 Å². The standard InChI is InChI=1S/C39H37F5N2O2Si2/c1-49(2,3)21-19-23-7-11-25(12-8-23)38(47)29-17-15-27(45-29)31(32-33(40)35(42)37(44)36(43)34(32)41)28-16-18-30(46-28)39(48)26-13-9-24(10-14-26)20-22-50(4,5)6/h7-18,31,38-39,45-48H,1-6H3. The van der Waals surface area contributed by atoms with E-state index in [0.29, 0.717) is 11.1 Å². The van der Waals surface area contributed by atoms with Crippen LogP contribution < -0.4 is 0 Å². The van der Waals surface area contributed by atoms with Crippen molar-refractivity contribution in [2.75, 3.05) is 0 Å². The lowest BCUT2D eigenvalue weighted by molar-refractivity contribution is 0.215. The molecule has 50 heavy (non-hydrogen) atoms. The third-order valence-corrected chi connectivity index (χ3v) is 9.57. The molecule has 0 bridgehead atoms. The van der Waals surface area contributed by atoms with Gasteiger partial charge >= 0.3 is 0 Å². The topological polar surface area (TPSA) is 72.0 Å². The second-order valence-corrected chi connectivity index (χ2v) is 23.7. The fraction of sp³-hybridized carbons (Fsp3) is 0.231. The van der Waals surface area contributed by atoms with Crippen LogP contribution in [0, 0.1) is 52.0 Å². The molecule has 5 aromatic rings. The van der Waals surface area contributed by atoms with Gasteiger partial charge in [0, 0.05) is 39.5 Å². The zero-order valence-corrected chi connectivity index (χ0v) is 30.4. The van der Waals surface area contributed by atoms with E-state index in [9.17, 15) is 23.4 Å². The molecular weight excluding hydrogens is 680 g/mol. The molecule has 0 saturated heterocycles. The Hall–Kier alpha value is -4.66. The molecule has 2 unspecified atom stereocenters.